The van der Waals surface area contributed by atoms with Gasteiger partial charge in [-0.15, -0.1) is 11.3 Å². The van der Waals surface area contributed by atoms with E-state index in [1.165, 1.54) is 0 Å². The number of rotatable bonds is 4. The molecule has 1 aliphatic rings. The normalized spacial score (nSPS) is 17.1. The Morgan fingerprint density at radius 2 is 2.14 bits per heavy atom. The molecule has 118 valence electrons. The molecule has 0 radical (unpaired) electrons. The molecule has 1 fully saturated rings. The maximum absolute atomic E-state index is 12.2. The van der Waals surface area contributed by atoms with Crippen LogP contribution in [0.2, 0.25) is 0 Å². The number of amides is 1. The topological polar surface area (TPSA) is 39.7 Å². The highest BCUT2D eigenvalue weighted by Gasteiger charge is 2.20. The average Bonchev–Trinajstić information content (AvgIpc) is 2.73. The van der Waals surface area contributed by atoms with Crippen molar-refractivity contribution in [1.82, 2.24) is 14.8 Å². The SMILES string of the molecule is Cc1csc(N2CCCN(CC(=O)N(C)C(C)C)CC2)n1. The third-order valence-electron chi connectivity index (χ3n) is 3.99. The molecule has 6 heteroatoms. The van der Waals surface area contributed by atoms with Crippen molar-refractivity contribution in [1.29, 1.82) is 0 Å². The van der Waals surface area contributed by atoms with Gasteiger partial charge < -0.3 is 9.80 Å². The summed E-state index contributed by atoms with van der Waals surface area (Å²) in [6.07, 6.45) is 1.08. The minimum atomic E-state index is 0.212. The highest BCUT2D eigenvalue weighted by Crippen LogP contribution is 2.21. The van der Waals surface area contributed by atoms with Crippen molar-refractivity contribution in [2.24, 2.45) is 0 Å². The zero-order chi connectivity index (χ0) is 15.4. The average molecular weight is 310 g/mol. The second-order valence-electron chi connectivity index (χ2n) is 5.99. The van der Waals surface area contributed by atoms with E-state index in [2.05, 4.69) is 20.2 Å². The third kappa shape index (κ3) is 4.41. The number of nitrogens with zero attached hydrogens (tertiary/aromatic N) is 4. The minimum absolute atomic E-state index is 0.212. The molecule has 0 N–H and O–H groups in total. The Balaban J connectivity index is 1.87. The molecule has 2 rings (SSSR count). The molecule has 0 bridgehead atoms. The lowest BCUT2D eigenvalue weighted by Crippen LogP contribution is -2.42. The van der Waals surface area contributed by atoms with Gasteiger partial charge in [-0.05, 0) is 27.2 Å². The van der Waals surface area contributed by atoms with E-state index in [0.717, 1.165) is 43.4 Å². The fourth-order valence-corrected chi connectivity index (χ4v) is 3.25. The van der Waals surface area contributed by atoms with Crippen molar-refractivity contribution in [3.8, 4) is 0 Å². The number of likely N-dealkylation sites (N-methyl/N-ethyl adjacent to an activating group) is 1. The first-order valence-corrected chi connectivity index (χ1v) is 8.50. The number of thiazole rings is 1. The number of carbonyl (C=O) groups is 1. The zero-order valence-electron chi connectivity index (χ0n) is 13.5. The van der Waals surface area contributed by atoms with Crippen molar-refractivity contribution in [3.63, 3.8) is 0 Å². The minimum Gasteiger partial charge on any atom is -0.347 e. The predicted molar refractivity (Wildman–Crippen MR) is 88.0 cm³/mol. The van der Waals surface area contributed by atoms with Gasteiger partial charge in [0.05, 0.1) is 12.2 Å². The summed E-state index contributed by atoms with van der Waals surface area (Å²) in [6, 6.07) is 0.263. The summed E-state index contributed by atoms with van der Waals surface area (Å²) in [4.78, 5) is 23.2. The summed E-state index contributed by atoms with van der Waals surface area (Å²) < 4.78 is 0. The Labute approximate surface area is 131 Å². The fraction of sp³-hybridized carbons (Fsp3) is 0.733. The maximum Gasteiger partial charge on any atom is 0.236 e. The molecular weight excluding hydrogens is 284 g/mol. The largest absolute Gasteiger partial charge is 0.347 e. The number of aromatic nitrogens is 1. The van der Waals surface area contributed by atoms with Gasteiger partial charge >= 0.3 is 0 Å². The molecule has 0 unspecified atom stereocenters. The lowest BCUT2D eigenvalue weighted by molar-refractivity contribution is -0.132. The maximum atomic E-state index is 12.2. The summed E-state index contributed by atoms with van der Waals surface area (Å²) in [7, 11) is 1.88. The summed E-state index contributed by atoms with van der Waals surface area (Å²) in [5.74, 6) is 0.212. The van der Waals surface area contributed by atoms with E-state index in [1.807, 2.05) is 32.7 Å². The van der Waals surface area contributed by atoms with Crippen molar-refractivity contribution >= 4 is 22.4 Å². The van der Waals surface area contributed by atoms with Gasteiger partial charge in [-0.3, -0.25) is 9.69 Å². The molecule has 0 aliphatic carbocycles. The van der Waals surface area contributed by atoms with Gasteiger partial charge in [0, 0.05) is 44.6 Å². The van der Waals surface area contributed by atoms with Crippen LogP contribution in [0.25, 0.3) is 0 Å². The summed E-state index contributed by atoms with van der Waals surface area (Å²) in [5, 5.41) is 3.21. The van der Waals surface area contributed by atoms with Crippen molar-refractivity contribution in [2.75, 3.05) is 44.7 Å². The van der Waals surface area contributed by atoms with Crippen LogP contribution in [0.15, 0.2) is 5.38 Å². The second-order valence-corrected chi connectivity index (χ2v) is 6.82. The van der Waals surface area contributed by atoms with E-state index in [0.29, 0.717) is 6.54 Å². The van der Waals surface area contributed by atoms with Crippen LogP contribution in [0.1, 0.15) is 26.0 Å². The first-order valence-electron chi connectivity index (χ1n) is 7.62. The molecule has 1 aromatic rings. The van der Waals surface area contributed by atoms with Crippen LogP contribution in [-0.2, 0) is 4.79 Å². The molecule has 0 spiro atoms. The lowest BCUT2D eigenvalue weighted by Gasteiger charge is -2.26. The van der Waals surface area contributed by atoms with Crippen molar-refractivity contribution < 1.29 is 4.79 Å². The van der Waals surface area contributed by atoms with E-state index in [9.17, 15) is 4.79 Å². The van der Waals surface area contributed by atoms with Crippen molar-refractivity contribution in [3.05, 3.63) is 11.1 Å². The molecule has 0 saturated carbocycles. The van der Waals surface area contributed by atoms with Crippen LogP contribution in [0.3, 0.4) is 0 Å². The molecule has 1 saturated heterocycles. The summed E-state index contributed by atoms with van der Waals surface area (Å²) >= 11 is 1.71. The van der Waals surface area contributed by atoms with Crippen LogP contribution in [0, 0.1) is 6.92 Å². The molecule has 21 heavy (non-hydrogen) atoms. The van der Waals surface area contributed by atoms with Gasteiger partial charge in [0.1, 0.15) is 0 Å². The van der Waals surface area contributed by atoms with E-state index < -0.39 is 0 Å². The highest BCUT2D eigenvalue weighted by molar-refractivity contribution is 7.13. The van der Waals surface area contributed by atoms with Gasteiger partial charge in [-0.25, -0.2) is 4.98 Å². The summed E-state index contributed by atoms with van der Waals surface area (Å²) in [5.41, 5.74) is 1.09. The first kappa shape index (κ1) is 16.2. The second kappa shape index (κ2) is 7.22. The van der Waals surface area contributed by atoms with Gasteiger partial charge in [0.15, 0.2) is 5.13 Å². The molecule has 1 aromatic heterocycles. The van der Waals surface area contributed by atoms with E-state index >= 15 is 0 Å². The molecule has 0 atom stereocenters. The zero-order valence-corrected chi connectivity index (χ0v) is 14.3. The van der Waals surface area contributed by atoms with Crippen LogP contribution >= 0.6 is 11.3 Å². The van der Waals surface area contributed by atoms with E-state index in [4.69, 9.17) is 0 Å². The Morgan fingerprint density at radius 1 is 1.38 bits per heavy atom. The monoisotopic (exact) mass is 310 g/mol. The highest BCUT2D eigenvalue weighted by atomic mass is 32.1. The predicted octanol–water partition coefficient (Wildman–Crippen LogP) is 1.83. The molecule has 1 aliphatic heterocycles. The van der Waals surface area contributed by atoms with Gasteiger partial charge in [0.25, 0.3) is 0 Å². The van der Waals surface area contributed by atoms with E-state index in [-0.39, 0.29) is 11.9 Å². The molecule has 5 nitrogen and oxygen atoms in total. The van der Waals surface area contributed by atoms with Crippen molar-refractivity contribution in [2.45, 2.75) is 33.2 Å². The Morgan fingerprint density at radius 3 is 2.76 bits per heavy atom. The quantitative estimate of drug-likeness (QED) is 0.850. The van der Waals surface area contributed by atoms with Crippen LogP contribution < -0.4 is 4.90 Å². The number of carbonyl (C=O) groups excluding carboxylic acids is 1. The standard InChI is InChI=1S/C15H26N4OS/c1-12(2)17(4)14(20)10-18-6-5-7-19(9-8-18)15-16-13(3)11-21-15/h11-12H,5-10H2,1-4H3. The Kier molecular flexibility index (Phi) is 5.58. The van der Waals surface area contributed by atoms with Crippen LogP contribution in [0.5, 0.6) is 0 Å². The summed E-state index contributed by atoms with van der Waals surface area (Å²) in [6.45, 7) is 10.5. The smallest absolute Gasteiger partial charge is 0.236 e. The Bertz CT molecular complexity index is 474. The third-order valence-corrected chi connectivity index (χ3v) is 5.01. The van der Waals surface area contributed by atoms with Crippen LogP contribution in [-0.4, -0.2) is 66.5 Å². The number of hydrogen-bond acceptors (Lipinski definition) is 5. The van der Waals surface area contributed by atoms with Gasteiger partial charge in [-0.2, -0.15) is 0 Å². The molecule has 0 aromatic carbocycles. The van der Waals surface area contributed by atoms with Crippen LogP contribution in [0.4, 0.5) is 5.13 Å². The number of aryl methyl sites for hydroxylation is 1. The fourth-order valence-electron chi connectivity index (χ4n) is 2.40. The van der Waals surface area contributed by atoms with E-state index in [1.54, 1.807) is 11.3 Å². The lowest BCUT2D eigenvalue weighted by atomic mass is 10.3. The van der Waals surface area contributed by atoms with Gasteiger partial charge in [-0.1, -0.05) is 0 Å². The molecular formula is C15H26N4OS. The molecule has 2 heterocycles. The number of anilines is 1. The van der Waals surface area contributed by atoms with Gasteiger partial charge in [0.2, 0.25) is 5.91 Å². The Hall–Kier alpha value is -1.14. The first-order chi connectivity index (χ1) is 9.97. The number of hydrogen-bond donors (Lipinski definition) is 0. The molecule has 1 amide bonds.